The lowest BCUT2D eigenvalue weighted by molar-refractivity contribution is 1.09. The second kappa shape index (κ2) is 2.85. The van der Waals surface area contributed by atoms with Gasteiger partial charge in [0.2, 0.25) is 0 Å². The molecule has 0 aliphatic rings. The van der Waals surface area contributed by atoms with Crippen molar-refractivity contribution in [2.24, 2.45) is 4.99 Å². The number of nitrogens with two attached hydrogens (primary N) is 1. The molecule has 0 amide bonds. The highest BCUT2D eigenvalue weighted by atomic mass is 14.9. The molecule has 0 aromatic carbocycles. The van der Waals surface area contributed by atoms with Crippen LogP contribution < -0.4 is 5.73 Å². The lowest BCUT2D eigenvalue weighted by Gasteiger charge is -1.94. The molecule has 0 unspecified atom stereocenters. The fraction of sp³-hybridized carbons (Fsp3) is 0.125. The predicted octanol–water partition coefficient (Wildman–Crippen LogP) is 0.741. The summed E-state index contributed by atoms with van der Waals surface area (Å²) in [5.74, 6) is 0.459. The highest BCUT2D eigenvalue weighted by molar-refractivity contribution is 5.86. The van der Waals surface area contributed by atoms with Crippen molar-refractivity contribution in [3.05, 3.63) is 18.1 Å². The maximum atomic E-state index is 5.64. The number of nitrogens with zero attached hydrogens (tertiary/aromatic N) is 3. The van der Waals surface area contributed by atoms with Crippen LogP contribution in [-0.4, -0.2) is 21.7 Å². The zero-order valence-corrected chi connectivity index (χ0v) is 6.99. The molecular formula is C8H9N5. The summed E-state index contributed by atoms with van der Waals surface area (Å²) in [5, 5.41) is 0. The molecule has 2 heterocycles. The zero-order chi connectivity index (χ0) is 9.26. The second-order valence-corrected chi connectivity index (χ2v) is 2.68. The molecule has 0 aliphatic heterocycles. The molecule has 0 aliphatic carbocycles. The van der Waals surface area contributed by atoms with Gasteiger partial charge in [-0.05, 0) is 6.72 Å². The Hall–Kier alpha value is -1.91. The summed E-state index contributed by atoms with van der Waals surface area (Å²) in [6.45, 7) is 3.96. The summed E-state index contributed by atoms with van der Waals surface area (Å²) in [5.41, 5.74) is 8.21. The minimum atomic E-state index is 0.459. The molecule has 5 heteroatoms. The summed E-state index contributed by atoms with van der Waals surface area (Å²) >= 11 is 0. The van der Waals surface area contributed by atoms with Crippen LogP contribution >= 0.6 is 0 Å². The highest BCUT2D eigenvalue weighted by Gasteiger charge is 2.06. The fourth-order valence-electron chi connectivity index (χ4n) is 1.25. The monoisotopic (exact) mass is 175 g/mol. The lowest BCUT2D eigenvalue weighted by atomic mass is 10.3. The van der Waals surface area contributed by atoms with Gasteiger partial charge >= 0.3 is 0 Å². The molecule has 0 bridgehead atoms. The Morgan fingerprint density at radius 2 is 2.38 bits per heavy atom. The number of aliphatic imine (C=N–C) groups is 1. The number of hydrogen-bond acceptors (Lipinski definition) is 4. The largest absolute Gasteiger partial charge is 0.382 e. The molecule has 0 spiro atoms. The van der Waals surface area contributed by atoms with Crippen molar-refractivity contribution in [2.45, 2.75) is 6.54 Å². The van der Waals surface area contributed by atoms with Crippen molar-refractivity contribution >= 4 is 23.6 Å². The standard InChI is InChI=1S/C8H9N5/c1-10-2-5-3-11-7-6(5)12-4-13-8(7)9/h3-4,11H,1-2H2,(H2,9,12,13). The summed E-state index contributed by atoms with van der Waals surface area (Å²) in [6.07, 6.45) is 3.27. The van der Waals surface area contributed by atoms with Gasteiger partial charge < -0.3 is 10.7 Å². The first-order valence-electron chi connectivity index (χ1n) is 3.82. The van der Waals surface area contributed by atoms with Gasteiger partial charge in [0.25, 0.3) is 0 Å². The van der Waals surface area contributed by atoms with Crippen LogP contribution in [0.2, 0.25) is 0 Å². The molecule has 13 heavy (non-hydrogen) atoms. The number of rotatable bonds is 2. The first kappa shape index (κ1) is 7.72. The first-order chi connectivity index (χ1) is 6.33. The third-order valence-electron chi connectivity index (χ3n) is 1.85. The predicted molar refractivity (Wildman–Crippen MR) is 51.6 cm³/mol. The van der Waals surface area contributed by atoms with Gasteiger partial charge in [0.05, 0.1) is 12.1 Å². The Morgan fingerprint density at radius 1 is 1.54 bits per heavy atom. The van der Waals surface area contributed by atoms with E-state index in [9.17, 15) is 0 Å². The van der Waals surface area contributed by atoms with E-state index in [4.69, 9.17) is 5.73 Å². The van der Waals surface area contributed by atoms with E-state index >= 15 is 0 Å². The van der Waals surface area contributed by atoms with Gasteiger partial charge in [-0.3, -0.25) is 4.99 Å². The van der Waals surface area contributed by atoms with Gasteiger partial charge in [-0.25, -0.2) is 9.97 Å². The van der Waals surface area contributed by atoms with Crippen LogP contribution in [0.5, 0.6) is 0 Å². The molecule has 3 N–H and O–H groups in total. The number of nitrogen functional groups attached to an aromatic ring is 1. The number of aromatic amines is 1. The van der Waals surface area contributed by atoms with Crippen LogP contribution in [0.3, 0.4) is 0 Å². The normalized spacial score (nSPS) is 10.5. The number of anilines is 1. The van der Waals surface area contributed by atoms with E-state index in [1.54, 1.807) is 0 Å². The summed E-state index contributed by atoms with van der Waals surface area (Å²) in [6, 6.07) is 0. The number of H-pyrrole nitrogens is 1. The maximum absolute atomic E-state index is 5.64. The van der Waals surface area contributed by atoms with E-state index in [1.807, 2.05) is 6.20 Å². The van der Waals surface area contributed by atoms with Crippen molar-refractivity contribution in [3.8, 4) is 0 Å². The molecule has 2 aromatic rings. The summed E-state index contributed by atoms with van der Waals surface area (Å²) < 4.78 is 0. The average molecular weight is 175 g/mol. The van der Waals surface area contributed by atoms with Crippen molar-refractivity contribution in [3.63, 3.8) is 0 Å². The molecule has 0 saturated heterocycles. The molecule has 0 atom stereocenters. The van der Waals surface area contributed by atoms with Crippen molar-refractivity contribution < 1.29 is 0 Å². The number of hydrogen-bond donors (Lipinski definition) is 2. The number of aromatic nitrogens is 3. The highest BCUT2D eigenvalue weighted by Crippen LogP contribution is 2.19. The molecule has 66 valence electrons. The van der Waals surface area contributed by atoms with Crippen LogP contribution in [0.4, 0.5) is 5.82 Å². The smallest absolute Gasteiger partial charge is 0.151 e. The second-order valence-electron chi connectivity index (χ2n) is 2.68. The van der Waals surface area contributed by atoms with Gasteiger partial charge in [0.15, 0.2) is 5.82 Å². The number of fused-ring (bicyclic) bond motifs is 1. The Kier molecular flexibility index (Phi) is 1.70. The minimum absolute atomic E-state index is 0.459. The maximum Gasteiger partial charge on any atom is 0.151 e. The Balaban J connectivity index is 2.67. The van der Waals surface area contributed by atoms with Crippen LogP contribution in [0.15, 0.2) is 17.5 Å². The lowest BCUT2D eigenvalue weighted by Crippen LogP contribution is -1.92. The van der Waals surface area contributed by atoms with E-state index < -0.39 is 0 Å². The first-order valence-corrected chi connectivity index (χ1v) is 3.82. The SMILES string of the molecule is C=NCc1c[nH]c2c(N)ncnc12. The van der Waals surface area contributed by atoms with Crippen molar-refractivity contribution in [1.29, 1.82) is 0 Å². The van der Waals surface area contributed by atoms with Crippen molar-refractivity contribution in [1.82, 2.24) is 15.0 Å². The van der Waals surface area contributed by atoms with E-state index in [0.29, 0.717) is 12.4 Å². The zero-order valence-electron chi connectivity index (χ0n) is 6.99. The third-order valence-corrected chi connectivity index (χ3v) is 1.85. The quantitative estimate of drug-likeness (QED) is 0.660. The molecule has 0 fully saturated rings. The molecule has 5 nitrogen and oxygen atoms in total. The van der Waals surface area contributed by atoms with Gasteiger partial charge in [-0.15, -0.1) is 0 Å². The van der Waals surface area contributed by atoms with E-state index in [1.165, 1.54) is 6.33 Å². The van der Waals surface area contributed by atoms with Gasteiger partial charge in [0, 0.05) is 11.8 Å². The van der Waals surface area contributed by atoms with Crippen LogP contribution in [0.1, 0.15) is 5.56 Å². The van der Waals surface area contributed by atoms with Crippen LogP contribution in [-0.2, 0) is 6.54 Å². The Morgan fingerprint density at radius 3 is 3.15 bits per heavy atom. The van der Waals surface area contributed by atoms with E-state index in [2.05, 4.69) is 26.7 Å². The fourth-order valence-corrected chi connectivity index (χ4v) is 1.25. The van der Waals surface area contributed by atoms with E-state index in [-0.39, 0.29) is 0 Å². The van der Waals surface area contributed by atoms with Crippen LogP contribution in [0.25, 0.3) is 11.0 Å². The minimum Gasteiger partial charge on any atom is -0.382 e. The molecular weight excluding hydrogens is 166 g/mol. The van der Waals surface area contributed by atoms with Gasteiger partial charge in [0.1, 0.15) is 11.8 Å². The van der Waals surface area contributed by atoms with Crippen LogP contribution in [0, 0.1) is 0 Å². The summed E-state index contributed by atoms with van der Waals surface area (Å²) in [7, 11) is 0. The third kappa shape index (κ3) is 1.14. The molecule has 0 radical (unpaired) electrons. The average Bonchev–Trinajstić information content (AvgIpc) is 2.51. The Labute approximate surface area is 74.7 Å². The van der Waals surface area contributed by atoms with Gasteiger partial charge in [-0.1, -0.05) is 0 Å². The van der Waals surface area contributed by atoms with E-state index in [0.717, 1.165) is 16.6 Å². The summed E-state index contributed by atoms with van der Waals surface area (Å²) in [4.78, 5) is 14.8. The molecule has 2 aromatic heterocycles. The molecule has 0 saturated carbocycles. The topological polar surface area (TPSA) is 80.0 Å². The number of nitrogens with one attached hydrogen (secondary N) is 1. The molecule has 2 rings (SSSR count). The van der Waals surface area contributed by atoms with Gasteiger partial charge in [-0.2, -0.15) is 0 Å². The van der Waals surface area contributed by atoms with Crippen molar-refractivity contribution in [2.75, 3.05) is 5.73 Å². The Bertz CT molecular complexity index is 445.